The number of carboxylic acid groups (broad SMARTS) is 1. The van der Waals surface area contributed by atoms with E-state index >= 15 is 0 Å². The van der Waals surface area contributed by atoms with Crippen LogP contribution in [-0.2, 0) is 16.0 Å². The van der Waals surface area contributed by atoms with E-state index in [1.54, 1.807) is 17.9 Å². The van der Waals surface area contributed by atoms with E-state index in [1.165, 1.54) is 0 Å². The van der Waals surface area contributed by atoms with E-state index in [9.17, 15) is 9.59 Å². The van der Waals surface area contributed by atoms with Gasteiger partial charge in [0, 0.05) is 18.2 Å². The predicted molar refractivity (Wildman–Crippen MR) is 64.3 cm³/mol. The lowest BCUT2D eigenvalue weighted by atomic mass is 9.89. The van der Waals surface area contributed by atoms with Crippen molar-refractivity contribution in [1.29, 1.82) is 0 Å². The number of carbonyl (C=O) groups is 2. The van der Waals surface area contributed by atoms with E-state index in [2.05, 4.69) is 5.16 Å². The lowest BCUT2D eigenvalue weighted by Crippen LogP contribution is -2.38. The molecule has 0 spiro atoms. The van der Waals surface area contributed by atoms with Crippen LogP contribution in [0.15, 0.2) is 10.6 Å². The van der Waals surface area contributed by atoms with Gasteiger partial charge in [-0.1, -0.05) is 5.16 Å². The molecule has 2 saturated heterocycles. The highest BCUT2D eigenvalue weighted by atomic mass is 16.5. The number of rotatable bonds is 3. The Balaban J connectivity index is 1.72. The predicted octanol–water partition coefficient (Wildman–Crippen LogP) is 0.990. The van der Waals surface area contributed by atoms with Gasteiger partial charge in [0.1, 0.15) is 5.76 Å². The number of aliphatic carboxylic acids is 1. The van der Waals surface area contributed by atoms with Gasteiger partial charge in [-0.15, -0.1) is 0 Å². The zero-order valence-electron chi connectivity index (χ0n) is 10.7. The number of amides is 1. The first-order valence-corrected chi connectivity index (χ1v) is 6.52. The molecule has 0 aromatic carbocycles. The second-order valence-corrected chi connectivity index (χ2v) is 5.39. The molecule has 2 fully saturated rings. The monoisotopic (exact) mass is 264 g/mol. The van der Waals surface area contributed by atoms with Crippen LogP contribution in [0.25, 0.3) is 0 Å². The van der Waals surface area contributed by atoms with Gasteiger partial charge >= 0.3 is 5.97 Å². The largest absolute Gasteiger partial charge is 0.481 e. The summed E-state index contributed by atoms with van der Waals surface area (Å²) in [5.41, 5.74) is 0.612. The van der Waals surface area contributed by atoms with Gasteiger partial charge in [0.2, 0.25) is 5.91 Å². The number of carboxylic acids is 1. The Morgan fingerprint density at radius 2 is 2.32 bits per heavy atom. The summed E-state index contributed by atoms with van der Waals surface area (Å²) >= 11 is 0. The first kappa shape index (κ1) is 12.2. The molecule has 0 saturated carbocycles. The Bertz CT molecular complexity index is 524. The van der Waals surface area contributed by atoms with Crippen LogP contribution < -0.4 is 0 Å². The van der Waals surface area contributed by atoms with Crippen LogP contribution in [0.3, 0.4) is 0 Å². The molecule has 1 aromatic heterocycles. The lowest BCUT2D eigenvalue weighted by molar-refractivity contribution is -0.143. The van der Waals surface area contributed by atoms with Crippen molar-refractivity contribution in [2.24, 2.45) is 5.92 Å². The second-order valence-electron chi connectivity index (χ2n) is 5.39. The molecule has 2 aliphatic rings. The van der Waals surface area contributed by atoms with Crippen molar-refractivity contribution in [2.75, 3.05) is 0 Å². The fraction of sp³-hybridized carbons (Fsp3) is 0.615. The molecule has 0 radical (unpaired) electrons. The number of nitrogens with zero attached hydrogens (tertiary/aromatic N) is 2. The summed E-state index contributed by atoms with van der Waals surface area (Å²) in [5, 5.41) is 13.0. The van der Waals surface area contributed by atoms with Gasteiger partial charge in [-0.05, 0) is 26.2 Å². The topological polar surface area (TPSA) is 83.6 Å². The summed E-state index contributed by atoms with van der Waals surface area (Å²) in [5.74, 6) is -0.552. The molecule has 0 aliphatic carbocycles. The number of hydrogen-bond donors (Lipinski definition) is 1. The van der Waals surface area contributed by atoms with E-state index in [-0.39, 0.29) is 24.4 Å². The lowest BCUT2D eigenvalue weighted by Gasteiger charge is -2.22. The first-order valence-electron chi connectivity index (χ1n) is 6.52. The van der Waals surface area contributed by atoms with Gasteiger partial charge in [-0.2, -0.15) is 0 Å². The Morgan fingerprint density at radius 3 is 2.89 bits per heavy atom. The van der Waals surface area contributed by atoms with Crippen LogP contribution in [0.5, 0.6) is 0 Å². The smallest absolute Gasteiger partial charge is 0.308 e. The van der Waals surface area contributed by atoms with Crippen molar-refractivity contribution in [2.45, 2.75) is 44.7 Å². The fourth-order valence-electron chi connectivity index (χ4n) is 3.39. The fourth-order valence-corrected chi connectivity index (χ4v) is 3.39. The van der Waals surface area contributed by atoms with E-state index in [0.717, 1.165) is 12.8 Å². The standard InChI is InChI=1S/C13H16N2O4/c1-7-4-8(14-19-7)5-12(16)15-9-2-3-11(15)10(6-9)13(17)18/h4,9-11H,2-3,5-6H2,1H3,(H,17,18). The van der Waals surface area contributed by atoms with Crippen molar-refractivity contribution in [3.05, 3.63) is 17.5 Å². The normalized spacial score (nSPS) is 28.9. The van der Waals surface area contributed by atoms with Crippen molar-refractivity contribution in [3.63, 3.8) is 0 Å². The quantitative estimate of drug-likeness (QED) is 0.880. The zero-order valence-corrected chi connectivity index (χ0v) is 10.7. The molecule has 3 unspecified atom stereocenters. The maximum Gasteiger partial charge on any atom is 0.308 e. The minimum Gasteiger partial charge on any atom is -0.481 e. The number of hydrogen-bond acceptors (Lipinski definition) is 4. The van der Waals surface area contributed by atoms with E-state index in [4.69, 9.17) is 9.63 Å². The maximum absolute atomic E-state index is 12.3. The third-order valence-corrected chi connectivity index (χ3v) is 4.15. The molecule has 19 heavy (non-hydrogen) atoms. The Hall–Kier alpha value is -1.85. The van der Waals surface area contributed by atoms with E-state index in [0.29, 0.717) is 17.9 Å². The molecule has 3 atom stereocenters. The molecule has 2 bridgehead atoms. The summed E-state index contributed by atoms with van der Waals surface area (Å²) in [6.45, 7) is 1.78. The van der Waals surface area contributed by atoms with Crippen LogP contribution in [-0.4, -0.2) is 39.1 Å². The molecule has 6 nitrogen and oxygen atoms in total. The average Bonchev–Trinajstić information content (AvgIpc) is 3.02. The minimum atomic E-state index is -0.790. The summed E-state index contributed by atoms with van der Waals surface area (Å²) in [6, 6.07) is 1.69. The summed E-state index contributed by atoms with van der Waals surface area (Å²) in [6.07, 6.45) is 2.49. The third-order valence-electron chi connectivity index (χ3n) is 4.15. The highest BCUT2D eigenvalue weighted by molar-refractivity contribution is 5.82. The van der Waals surface area contributed by atoms with Crippen molar-refractivity contribution in [1.82, 2.24) is 10.1 Å². The third kappa shape index (κ3) is 2.01. The second kappa shape index (κ2) is 4.36. The molecule has 1 amide bonds. The minimum absolute atomic E-state index is 0.0375. The van der Waals surface area contributed by atoms with Crippen molar-refractivity contribution in [3.8, 4) is 0 Å². The first-order chi connectivity index (χ1) is 9.06. The van der Waals surface area contributed by atoms with Gasteiger partial charge in [-0.25, -0.2) is 0 Å². The number of carbonyl (C=O) groups excluding carboxylic acids is 1. The average molecular weight is 264 g/mol. The maximum atomic E-state index is 12.3. The number of aryl methyl sites for hydroxylation is 1. The van der Waals surface area contributed by atoms with Gasteiger partial charge in [0.25, 0.3) is 0 Å². The molecular formula is C13H16N2O4. The molecule has 102 valence electrons. The van der Waals surface area contributed by atoms with Gasteiger partial charge in [-0.3, -0.25) is 9.59 Å². The number of fused-ring (bicyclic) bond motifs is 2. The SMILES string of the molecule is Cc1cc(CC(=O)N2C3CCC2C(C(=O)O)C3)no1. The molecule has 1 aromatic rings. The van der Waals surface area contributed by atoms with Gasteiger partial charge < -0.3 is 14.5 Å². The Kier molecular flexibility index (Phi) is 2.80. The molecule has 3 rings (SSSR count). The highest BCUT2D eigenvalue weighted by Crippen LogP contribution is 2.42. The van der Waals surface area contributed by atoms with Gasteiger partial charge in [0.05, 0.1) is 18.0 Å². The Labute approximate surface area is 110 Å². The molecule has 1 N–H and O–H groups in total. The highest BCUT2D eigenvalue weighted by Gasteiger charge is 2.51. The van der Waals surface area contributed by atoms with E-state index in [1.807, 2.05) is 0 Å². The van der Waals surface area contributed by atoms with Crippen LogP contribution in [0.1, 0.15) is 30.7 Å². The van der Waals surface area contributed by atoms with Crippen LogP contribution in [0.2, 0.25) is 0 Å². The summed E-state index contributed by atoms with van der Waals surface area (Å²) in [4.78, 5) is 25.2. The molecule has 3 heterocycles. The van der Waals surface area contributed by atoms with Gasteiger partial charge in [0.15, 0.2) is 0 Å². The summed E-state index contributed by atoms with van der Waals surface area (Å²) < 4.78 is 4.94. The Morgan fingerprint density at radius 1 is 1.53 bits per heavy atom. The molecular weight excluding hydrogens is 248 g/mol. The summed E-state index contributed by atoms with van der Waals surface area (Å²) in [7, 11) is 0. The van der Waals surface area contributed by atoms with Crippen molar-refractivity contribution >= 4 is 11.9 Å². The van der Waals surface area contributed by atoms with Crippen LogP contribution >= 0.6 is 0 Å². The van der Waals surface area contributed by atoms with Crippen LogP contribution in [0.4, 0.5) is 0 Å². The van der Waals surface area contributed by atoms with E-state index < -0.39 is 11.9 Å². The molecule has 6 heteroatoms. The van der Waals surface area contributed by atoms with Crippen LogP contribution in [0, 0.1) is 12.8 Å². The number of aromatic nitrogens is 1. The molecule has 2 aliphatic heterocycles. The zero-order chi connectivity index (χ0) is 13.6. The van der Waals surface area contributed by atoms with Crippen molar-refractivity contribution < 1.29 is 19.2 Å².